The second-order valence-corrected chi connectivity index (χ2v) is 4.61. The zero-order valence-corrected chi connectivity index (χ0v) is 10.9. The maximum atomic E-state index is 11.4. The van der Waals surface area contributed by atoms with Crippen molar-refractivity contribution in [2.75, 3.05) is 26.8 Å². The van der Waals surface area contributed by atoms with Crippen LogP contribution in [0.4, 0.5) is 0 Å². The molecular formula is C14H19NO3. The van der Waals surface area contributed by atoms with Crippen LogP contribution in [0.25, 0.3) is 0 Å². The molecule has 1 heterocycles. The molecule has 4 nitrogen and oxygen atoms in total. The standard InChI is InChI=1S/C14H19NO3/c1-11-3-5-12(6-4-11)17-10-8-15(2)13-7-9-18-14(13)16/h3-6,13H,7-10H2,1-2H3/t13-/m0/s1. The van der Waals surface area contributed by atoms with Gasteiger partial charge in [-0.3, -0.25) is 9.69 Å². The molecular weight excluding hydrogens is 230 g/mol. The fourth-order valence-corrected chi connectivity index (χ4v) is 1.98. The molecule has 0 unspecified atom stereocenters. The van der Waals surface area contributed by atoms with Gasteiger partial charge in [-0.05, 0) is 26.1 Å². The van der Waals surface area contributed by atoms with Crippen molar-refractivity contribution in [1.82, 2.24) is 4.90 Å². The average Bonchev–Trinajstić information content (AvgIpc) is 2.78. The van der Waals surface area contributed by atoms with Gasteiger partial charge in [-0.1, -0.05) is 17.7 Å². The van der Waals surface area contributed by atoms with E-state index in [2.05, 4.69) is 0 Å². The molecule has 1 fully saturated rings. The number of cyclic esters (lactones) is 1. The van der Waals surface area contributed by atoms with Gasteiger partial charge in [0.05, 0.1) is 6.61 Å². The van der Waals surface area contributed by atoms with Crippen LogP contribution in [-0.4, -0.2) is 43.7 Å². The second-order valence-electron chi connectivity index (χ2n) is 4.61. The van der Waals surface area contributed by atoms with Crippen molar-refractivity contribution >= 4 is 5.97 Å². The van der Waals surface area contributed by atoms with Gasteiger partial charge in [-0.25, -0.2) is 0 Å². The lowest BCUT2D eigenvalue weighted by Gasteiger charge is -2.20. The zero-order valence-electron chi connectivity index (χ0n) is 10.9. The number of likely N-dealkylation sites (N-methyl/N-ethyl adjacent to an activating group) is 1. The summed E-state index contributed by atoms with van der Waals surface area (Å²) in [6.45, 7) is 3.87. The Bertz CT molecular complexity index is 402. The molecule has 18 heavy (non-hydrogen) atoms. The minimum atomic E-state index is -0.118. The van der Waals surface area contributed by atoms with Crippen LogP contribution in [0.2, 0.25) is 0 Å². The Balaban J connectivity index is 1.74. The molecule has 0 amide bonds. The number of esters is 1. The molecule has 0 N–H and O–H groups in total. The number of hydrogen-bond donors (Lipinski definition) is 0. The first-order chi connectivity index (χ1) is 8.66. The smallest absolute Gasteiger partial charge is 0.323 e. The van der Waals surface area contributed by atoms with E-state index in [1.165, 1.54) is 5.56 Å². The van der Waals surface area contributed by atoms with Gasteiger partial charge in [0, 0.05) is 13.0 Å². The van der Waals surface area contributed by atoms with E-state index in [0.29, 0.717) is 19.8 Å². The van der Waals surface area contributed by atoms with Crippen LogP contribution in [0.1, 0.15) is 12.0 Å². The summed E-state index contributed by atoms with van der Waals surface area (Å²) in [6.07, 6.45) is 0.778. The van der Waals surface area contributed by atoms with Gasteiger partial charge < -0.3 is 9.47 Å². The predicted octanol–water partition coefficient (Wildman–Crippen LogP) is 1.62. The molecule has 0 aromatic heterocycles. The zero-order chi connectivity index (χ0) is 13.0. The van der Waals surface area contributed by atoms with E-state index in [9.17, 15) is 4.79 Å². The highest BCUT2D eigenvalue weighted by molar-refractivity contribution is 5.77. The summed E-state index contributed by atoms with van der Waals surface area (Å²) in [5.41, 5.74) is 1.22. The molecule has 0 bridgehead atoms. The third-order valence-corrected chi connectivity index (χ3v) is 3.17. The summed E-state index contributed by atoms with van der Waals surface area (Å²) in [5, 5.41) is 0. The van der Waals surface area contributed by atoms with E-state index in [4.69, 9.17) is 9.47 Å². The number of aryl methyl sites for hydroxylation is 1. The Labute approximate surface area is 107 Å². The van der Waals surface area contributed by atoms with E-state index in [-0.39, 0.29) is 12.0 Å². The Hall–Kier alpha value is -1.55. The van der Waals surface area contributed by atoms with Gasteiger partial charge in [-0.15, -0.1) is 0 Å². The van der Waals surface area contributed by atoms with Gasteiger partial charge in [0.15, 0.2) is 0 Å². The topological polar surface area (TPSA) is 38.8 Å². The predicted molar refractivity (Wildman–Crippen MR) is 68.7 cm³/mol. The van der Waals surface area contributed by atoms with Crippen LogP contribution in [-0.2, 0) is 9.53 Å². The molecule has 1 aliphatic heterocycles. The van der Waals surface area contributed by atoms with E-state index in [1.54, 1.807) is 0 Å². The van der Waals surface area contributed by atoms with Crippen molar-refractivity contribution in [3.8, 4) is 5.75 Å². The summed E-state index contributed by atoms with van der Waals surface area (Å²) < 4.78 is 10.6. The Morgan fingerprint density at radius 3 is 2.72 bits per heavy atom. The molecule has 1 atom stereocenters. The van der Waals surface area contributed by atoms with Gasteiger partial charge in [0.25, 0.3) is 0 Å². The Morgan fingerprint density at radius 2 is 2.11 bits per heavy atom. The van der Waals surface area contributed by atoms with Crippen molar-refractivity contribution < 1.29 is 14.3 Å². The number of benzene rings is 1. The van der Waals surface area contributed by atoms with E-state index in [0.717, 1.165) is 12.2 Å². The van der Waals surface area contributed by atoms with Crippen LogP contribution in [0.5, 0.6) is 5.75 Å². The van der Waals surface area contributed by atoms with Crippen LogP contribution in [0.3, 0.4) is 0 Å². The van der Waals surface area contributed by atoms with Gasteiger partial charge >= 0.3 is 5.97 Å². The number of carbonyl (C=O) groups excluding carboxylic acids is 1. The molecule has 4 heteroatoms. The molecule has 0 saturated carbocycles. The highest BCUT2D eigenvalue weighted by Crippen LogP contribution is 2.13. The van der Waals surface area contributed by atoms with Crippen LogP contribution in [0.15, 0.2) is 24.3 Å². The summed E-state index contributed by atoms with van der Waals surface area (Å²) in [4.78, 5) is 13.4. The first kappa shape index (κ1) is 12.9. The normalized spacial score (nSPS) is 19.1. The molecule has 1 aromatic carbocycles. The highest BCUT2D eigenvalue weighted by atomic mass is 16.5. The highest BCUT2D eigenvalue weighted by Gasteiger charge is 2.29. The second kappa shape index (κ2) is 5.87. The van der Waals surface area contributed by atoms with Crippen molar-refractivity contribution in [2.45, 2.75) is 19.4 Å². The molecule has 1 aromatic rings. The summed E-state index contributed by atoms with van der Waals surface area (Å²) in [7, 11) is 1.93. The Kier molecular flexibility index (Phi) is 4.20. The minimum Gasteiger partial charge on any atom is -0.492 e. The third kappa shape index (κ3) is 3.23. The van der Waals surface area contributed by atoms with E-state index in [1.807, 2.05) is 43.1 Å². The van der Waals surface area contributed by atoms with E-state index < -0.39 is 0 Å². The Morgan fingerprint density at radius 1 is 1.39 bits per heavy atom. The SMILES string of the molecule is Cc1ccc(OCCN(C)[C@H]2CCOC2=O)cc1. The first-order valence-electron chi connectivity index (χ1n) is 6.23. The quantitative estimate of drug-likeness (QED) is 0.743. The lowest BCUT2D eigenvalue weighted by Crippen LogP contribution is -2.37. The maximum Gasteiger partial charge on any atom is 0.323 e. The first-order valence-corrected chi connectivity index (χ1v) is 6.23. The molecule has 1 aliphatic rings. The number of ether oxygens (including phenoxy) is 2. The number of rotatable bonds is 5. The average molecular weight is 249 g/mol. The molecule has 2 rings (SSSR count). The van der Waals surface area contributed by atoms with Crippen molar-refractivity contribution in [2.24, 2.45) is 0 Å². The summed E-state index contributed by atoms with van der Waals surface area (Å²) in [6, 6.07) is 7.85. The van der Waals surface area contributed by atoms with Gasteiger partial charge in [0.1, 0.15) is 18.4 Å². The van der Waals surface area contributed by atoms with Crippen molar-refractivity contribution in [3.05, 3.63) is 29.8 Å². The number of hydrogen-bond acceptors (Lipinski definition) is 4. The van der Waals surface area contributed by atoms with E-state index >= 15 is 0 Å². The minimum absolute atomic E-state index is 0.105. The third-order valence-electron chi connectivity index (χ3n) is 3.17. The van der Waals surface area contributed by atoms with Crippen LogP contribution < -0.4 is 4.74 Å². The summed E-state index contributed by atoms with van der Waals surface area (Å²) >= 11 is 0. The largest absolute Gasteiger partial charge is 0.492 e. The van der Waals surface area contributed by atoms with Crippen molar-refractivity contribution in [1.29, 1.82) is 0 Å². The molecule has 98 valence electrons. The maximum absolute atomic E-state index is 11.4. The van der Waals surface area contributed by atoms with Crippen LogP contribution >= 0.6 is 0 Å². The molecule has 0 radical (unpaired) electrons. The summed E-state index contributed by atoms with van der Waals surface area (Å²) in [5.74, 6) is 0.746. The molecule has 0 aliphatic carbocycles. The lowest BCUT2D eigenvalue weighted by molar-refractivity contribution is -0.142. The molecule has 0 spiro atoms. The van der Waals surface area contributed by atoms with Crippen LogP contribution in [0, 0.1) is 6.92 Å². The lowest BCUT2D eigenvalue weighted by atomic mass is 10.2. The van der Waals surface area contributed by atoms with Gasteiger partial charge in [0.2, 0.25) is 0 Å². The number of carbonyl (C=O) groups is 1. The fourth-order valence-electron chi connectivity index (χ4n) is 1.98. The van der Waals surface area contributed by atoms with Gasteiger partial charge in [-0.2, -0.15) is 0 Å². The molecule has 1 saturated heterocycles. The number of nitrogens with zero attached hydrogens (tertiary/aromatic N) is 1. The van der Waals surface area contributed by atoms with Crippen molar-refractivity contribution in [3.63, 3.8) is 0 Å². The monoisotopic (exact) mass is 249 g/mol. The fraction of sp³-hybridized carbons (Fsp3) is 0.500.